The molecule has 0 aromatic heterocycles. The Morgan fingerprint density at radius 3 is 2.46 bits per heavy atom. The van der Waals surface area contributed by atoms with Gasteiger partial charge in [0.1, 0.15) is 0 Å². The van der Waals surface area contributed by atoms with Crippen LogP contribution in [0.2, 0.25) is 0 Å². The van der Waals surface area contributed by atoms with Gasteiger partial charge in [-0.2, -0.15) is 0 Å². The van der Waals surface area contributed by atoms with E-state index in [0.29, 0.717) is 24.9 Å². The highest BCUT2D eigenvalue weighted by atomic mass is 19.3. The summed E-state index contributed by atoms with van der Waals surface area (Å²) in [5.74, 6) is -1.96. The van der Waals surface area contributed by atoms with Crippen molar-refractivity contribution < 1.29 is 18.3 Å². The van der Waals surface area contributed by atoms with Gasteiger partial charge < -0.3 is 15.0 Å². The van der Waals surface area contributed by atoms with Crippen LogP contribution in [-0.4, -0.2) is 55.6 Å². The number of halogens is 2. The van der Waals surface area contributed by atoms with Crippen molar-refractivity contribution in [1.29, 1.82) is 0 Å². The van der Waals surface area contributed by atoms with E-state index in [9.17, 15) is 13.6 Å². The van der Waals surface area contributed by atoms with Crippen LogP contribution in [0.25, 0.3) is 0 Å². The van der Waals surface area contributed by atoms with Crippen molar-refractivity contribution in [2.75, 3.05) is 32.8 Å². The lowest BCUT2D eigenvalue weighted by molar-refractivity contribution is -0.141. The number of carbonyl (C=O) groups excluding carboxylic acids is 1. The molecule has 0 radical (unpaired) electrons. The number of amides is 1. The Morgan fingerprint density at radius 1 is 1.12 bits per heavy atom. The van der Waals surface area contributed by atoms with Crippen molar-refractivity contribution in [3.8, 4) is 0 Å². The van der Waals surface area contributed by atoms with Gasteiger partial charge in [0.2, 0.25) is 11.8 Å². The van der Waals surface area contributed by atoms with Gasteiger partial charge in [-0.15, -0.1) is 0 Å². The average Bonchev–Trinajstić information content (AvgIpc) is 2.61. The molecule has 1 aliphatic carbocycles. The van der Waals surface area contributed by atoms with E-state index in [4.69, 9.17) is 4.74 Å². The molecule has 3 fully saturated rings. The van der Waals surface area contributed by atoms with E-state index in [1.165, 1.54) is 0 Å². The van der Waals surface area contributed by atoms with E-state index in [-0.39, 0.29) is 24.7 Å². The fourth-order valence-corrected chi connectivity index (χ4v) is 4.21. The molecule has 1 saturated carbocycles. The van der Waals surface area contributed by atoms with E-state index in [1.807, 2.05) is 4.90 Å². The predicted molar refractivity (Wildman–Crippen MR) is 88.1 cm³/mol. The largest absolute Gasteiger partial charge is 0.376 e. The summed E-state index contributed by atoms with van der Waals surface area (Å²) in [5, 5.41) is 3.36. The minimum Gasteiger partial charge on any atom is -0.376 e. The molecule has 1 amide bonds. The summed E-state index contributed by atoms with van der Waals surface area (Å²) in [6.45, 7) is 4.28. The first-order valence-electron chi connectivity index (χ1n) is 9.52. The Kier molecular flexibility index (Phi) is 6.08. The second-order valence-electron chi connectivity index (χ2n) is 7.67. The Bertz CT molecular complexity index is 409. The number of hydrogen-bond acceptors (Lipinski definition) is 3. The molecule has 1 N–H and O–H groups in total. The van der Waals surface area contributed by atoms with Gasteiger partial charge in [0, 0.05) is 44.9 Å². The zero-order chi connectivity index (χ0) is 17.0. The molecule has 2 heterocycles. The summed E-state index contributed by atoms with van der Waals surface area (Å²) >= 11 is 0. The quantitative estimate of drug-likeness (QED) is 0.853. The van der Waals surface area contributed by atoms with Gasteiger partial charge >= 0.3 is 0 Å². The summed E-state index contributed by atoms with van der Waals surface area (Å²) in [5.41, 5.74) is 0. The number of ether oxygens (including phenoxy) is 1. The third-order valence-electron chi connectivity index (χ3n) is 5.89. The van der Waals surface area contributed by atoms with Crippen molar-refractivity contribution in [1.82, 2.24) is 10.2 Å². The van der Waals surface area contributed by atoms with Gasteiger partial charge in [0.05, 0.1) is 12.7 Å². The van der Waals surface area contributed by atoms with Crippen LogP contribution < -0.4 is 5.32 Å². The lowest BCUT2D eigenvalue weighted by atomic mass is 9.84. The van der Waals surface area contributed by atoms with Crippen LogP contribution in [0.5, 0.6) is 0 Å². The second-order valence-corrected chi connectivity index (χ2v) is 7.67. The summed E-state index contributed by atoms with van der Waals surface area (Å²) in [6, 6.07) is 0. The molecule has 1 atom stereocenters. The zero-order valence-corrected chi connectivity index (χ0v) is 14.4. The van der Waals surface area contributed by atoms with Gasteiger partial charge in [0.25, 0.3) is 0 Å². The Balaban J connectivity index is 1.36. The van der Waals surface area contributed by atoms with Crippen LogP contribution in [-0.2, 0) is 9.53 Å². The van der Waals surface area contributed by atoms with Gasteiger partial charge in [-0.25, -0.2) is 8.78 Å². The van der Waals surface area contributed by atoms with E-state index < -0.39 is 5.92 Å². The van der Waals surface area contributed by atoms with Crippen molar-refractivity contribution in [2.24, 2.45) is 11.8 Å². The topological polar surface area (TPSA) is 41.6 Å². The second kappa shape index (κ2) is 8.09. The van der Waals surface area contributed by atoms with Crippen molar-refractivity contribution >= 4 is 5.91 Å². The SMILES string of the molecule is O=C(C1CCC(F)(F)CC1)N1CCC(CCC2CNCCO2)CC1. The molecule has 4 nitrogen and oxygen atoms in total. The molecule has 6 heteroatoms. The first-order chi connectivity index (χ1) is 11.5. The molecule has 1 unspecified atom stereocenters. The number of carbonyl (C=O) groups is 1. The number of piperidine rings is 1. The minimum absolute atomic E-state index is 0.115. The Labute approximate surface area is 143 Å². The van der Waals surface area contributed by atoms with Gasteiger partial charge in [0.15, 0.2) is 0 Å². The highest BCUT2D eigenvalue weighted by Crippen LogP contribution is 2.37. The van der Waals surface area contributed by atoms with Gasteiger partial charge in [-0.3, -0.25) is 4.79 Å². The average molecular weight is 344 g/mol. The molecular formula is C18H30F2N2O2. The fraction of sp³-hybridized carbons (Fsp3) is 0.944. The van der Waals surface area contributed by atoms with Crippen LogP contribution in [0, 0.1) is 11.8 Å². The maximum absolute atomic E-state index is 13.2. The lowest BCUT2D eigenvalue weighted by Gasteiger charge is -2.36. The summed E-state index contributed by atoms with van der Waals surface area (Å²) in [6.07, 6.45) is 5.08. The molecule has 3 rings (SSSR count). The van der Waals surface area contributed by atoms with E-state index >= 15 is 0 Å². The Hall–Kier alpha value is -0.750. The molecule has 0 aromatic rings. The number of hydrogen-bond donors (Lipinski definition) is 1. The third kappa shape index (κ3) is 4.88. The molecular weight excluding hydrogens is 314 g/mol. The van der Waals surface area contributed by atoms with Crippen LogP contribution >= 0.6 is 0 Å². The number of nitrogens with one attached hydrogen (secondary N) is 1. The highest BCUT2D eigenvalue weighted by molar-refractivity contribution is 5.79. The number of nitrogens with zero attached hydrogens (tertiary/aromatic N) is 1. The number of alkyl halides is 2. The number of morpholine rings is 1. The van der Waals surface area contributed by atoms with Gasteiger partial charge in [-0.1, -0.05) is 0 Å². The monoisotopic (exact) mass is 344 g/mol. The smallest absolute Gasteiger partial charge is 0.248 e. The minimum atomic E-state index is -2.56. The maximum atomic E-state index is 13.2. The molecule has 0 bridgehead atoms. The molecule has 0 spiro atoms. The summed E-state index contributed by atoms with van der Waals surface area (Å²) in [7, 11) is 0. The standard InChI is InChI=1S/C18H30F2N2O2/c19-18(20)7-3-15(4-8-18)17(23)22-10-5-14(6-11-22)1-2-16-13-21-9-12-24-16/h14-16,21H,1-13H2. The number of rotatable bonds is 4. The van der Waals surface area contributed by atoms with Crippen LogP contribution in [0.3, 0.4) is 0 Å². The first-order valence-corrected chi connectivity index (χ1v) is 9.52. The summed E-state index contributed by atoms with van der Waals surface area (Å²) < 4.78 is 32.2. The highest BCUT2D eigenvalue weighted by Gasteiger charge is 2.39. The molecule has 2 saturated heterocycles. The normalized spacial score (nSPS) is 29.6. The first kappa shape index (κ1) is 18.1. The van der Waals surface area contributed by atoms with Crippen LogP contribution in [0.1, 0.15) is 51.4 Å². The Morgan fingerprint density at radius 2 is 1.83 bits per heavy atom. The van der Waals surface area contributed by atoms with E-state index in [1.54, 1.807) is 0 Å². The third-order valence-corrected chi connectivity index (χ3v) is 5.89. The molecule has 2 aliphatic heterocycles. The molecule has 0 aromatic carbocycles. The van der Waals surface area contributed by atoms with Crippen molar-refractivity contribution in [2.45, 2.75) is 63.4 Å². The van der Waals surface area contributed by atoms with Crippen LogP contribution in [0.15, 0.2) is 0 Å². The van der Waals surface area contributed by atoms with E-state index in [2.05, 4.69) is 5.32 Å². The summed E-state index contributed by atoms with van der Waals surface area (Å²) in [4.78, 5) is 14.4. The molecule has 24 heavy (non-hydrogen) atoms. The molecule has 3 aliphatic rings. The van der Waals surface area contributed by atoms with Gasteiger partial charge in [-0.05, 0) is 44.4 Å². The van der Waals surface area contributed by atoms with Crippen LogP contribution in [0.4, 0.5) is 8.78 Å². The fourth-order valence-electron chi connectivity index (χ4n) is 4.21. The predicted octanol–water partition coefficient (Wildman–Crippen LogP) is 2.82. The lowest BCUT2D eigenvalue weighted by Crippen LogP contribution is -2.44. The molecule has 138 valence electrons. The van der Waals surface area contributed by atoms with Crippen molar-refractivity contribution in [3.05, 3.63) is 0 Å². The zero-order valence-electron chi connectivity index (χ0n) is 14.4. The maximum Gasteiger partial charge on any atom is 0.248 e. The van der Waals surface area contributed by atoms with E-state index in [0.717, 1.165) is 58.5 Å². The number of likely N-dealkylation sites (tertiary alicyclic amines) is 1. The van der Waals surface area contributed by atoms with Crippen molar-refractivity contribution in [3.63, 3.8) is 0 Å².